The van der Waals surface area contributed by atoms with Crippen molar-refractivity contribution < 1.29 is 32.3 Å². The van der Waals surface area contributed by atoms with Crippen LogP contribution >= 0.6 is 0 Å². The number of methoxy groups -OCH3 is 1. The van der Waals surface area contributed by atoms with E-state index in [1.54, 1.807) is 0 Å². The number of carbonyl (C=O) groups is 3. The lowest BCUT2D eigenvalue weighted by Crippen LogP contribution is -2.12. The highest BCUT2D eigenvalue weighted by Crippen LogP contribution is 2.32. The van der Waals surface area contributed by atoms with Gasteiger partial charge in [0.15, 0.2) is 5.65 Å². The van der Waals surface area contributed by atoms with Crippen molar-refractivity contribution in [2.75, 3.05) is 12.4 Å². The van der Waals surface area contributed by atoms with Crippen molar-refractivity contribution >= 4 is 34.5 Å². The second-order valence-corrected chi connectivity index (χ2v) is 6.49. The van der Waals surface area contributed by atoms with E-state index < -0.39 is 29.5 Å². The summed E-state index contributed by atoms with van der Waals surface area (Å²) in [6.45, 7) is 0. The molecular weight excluding hydrogens is 405 g/mol. The standard InChI is InChI=1S/C19H13F3N4O4/c1-30-15(27)7-6-14-23-12-4-5-13(19(20,21)22)25-17(12)26(14)9-2-3-11-10(8-9)16(28)18(29)24-11/h2-5,8H,6-7H2,1H3,(H,24,28,29). The van der Waals surface area contributed by atoms with E-state index in [0.29, 0.717) is 5.69 Å². The number of ketones is 1. The molecule has 0 unspecified atom stereocenters. The third-order valence-electron chi connectivity index (χ3n) is 4.61. The monoisotopic (exact) mass is 418 g/mol. The molecule has 0 spiro atoms. The van der Waals surface area contributed by atoms with Crippen LogP contribution in [0.1, 0.15) is 28.3 Å². The highest BCUT2D eigenvalue weighted by atomic mass is 19.4. The number of nitrogens with zero attached hydrogens (tertiary/aromatic N) is 3. The van der Waals surface area contributed by atoms with Gasteiger partial charge in [0.25, 0.3) is 11.7 Å². The van der Waals surface area contributed by atoms with Crippen LogP contribution in [0.25, 0.3) is 16.9 Å². The number of aromatic nitrogens is 3. The third kappa shape index (κ3) is 3.27. The Morgan fingerprint density at radius 2 is 1.93 bits per heavy atom. The number of rotatable bonds is 4. The number of esters is 1. The van der Waals surface area contributed by atoms with Gasteiger partial charge < -0.3 is 10.1 Å². The molecule has 1 amide bonds. The maximum atomic E-state index is 13.2. The van der Waals surface area contributed by atoms with Gasteiger partial charge in [-0.3, -0.25) is 19.0 Å². The summed E-state index contributed by atoms with van der Waals surface area (Å²) in [6.07, 6.45) is -4.66. The van der Waals surface area contributed by atoms with Crippen molar-refractivity contribution in [2.45, 2.75) is 19.0 Å². The van der Waals surface area contributed by atoms with E-state index in [9.17, 15) is 27.6 Å². The van der Waals surface area contributed by atoms with Gasteiger partial charge in [0.1, 0.15) is 17.0 Å². The Kier molecular flexibility index (Phi) is 4.52. The Balaban J connectivity index is 1.90. The van der Waals surface area contributed by atoms with Gasteiger partial charge in [-0.05, 0) is 30.3 Å². The highest BCUT2D eigenvalue weighted by Gasteiger charge is 2.34. The van der Waals surface area contributed by atoms with Gasteiger partial charge in [0.2, 0.25) is 0 Å². The Morgan fingerprint density at radius 1 is 1.17 bits per heavy atom. The lowest BCUT2D eigenvalue weighted by Gasteiger charge is -2.11. The summed E-state index contributed by atoms with van der Waals surface area (Å²) < 4.78 is 45.5. The molecule has 0 bridgehead atoms. The molecule has 1 aromatic carbocycles. The SMILES string of the molecule is COC(=O)CCc1nc2ccc(C(F)(F)F)nc2n1-c1ccc2c(c1)C(=O)C(=O)N2. The lowest BCUT2D eigenvalue weighted by atomic mass is 10.1. The van der Waals surface area contributed by atoms with E-state index in [-0.39, 0.29) is 41.1 Å². The molecular formula is C19H13F3N4O4. The van der Waals surface area contributed by atoms with Crippen LogP contribution in [-0.4, -0.2) is 39.3 Å². The number of halogens is 3. The first-order valence-electron chi connectivity index (χ1n) is 8.71. The molecule has 0 radical (unpaired) electrons. The van der Waals surface area contributed by atoms with Gasteiger partial charge in [-0.25, -0.2) is 9.97 Å². The minimum absolute atomic E-state index is 0.0597. The summed E-state index contributed by atoms with van der Waals surface area (Å²) in [7, 11) is 1.22. The molecule has 11 heteroatoms. The van der Waals surface area contributed by atoms with Crippen molar-refractivity contribution in [1.29, 1.82) is 0 Å². The van der Waals surface area contributed by atoms with Crippen molar-refractivity contribution in [1.82, 2.24) is 14.5 Å². The topological polar surface area (TPSA) is 103 Å². The van der Waals surface area contributed by atoms with Gasteiger partial charge in [-0.2, -0.15) is 13.2 Å². The molecule has 0 aliphatic carbocycles. The molecule has 154 valence electrons. The predicted octanol–water partition coefficient (Wildman–Crippen LogP) is 2.68. The number of anilines is 1. The summed E-state index contributed by atoms with van der Waals surface area (Å²) in [4.78, 5) is 43.2. The smallest absolute Gasteiger partial charge is 0.433 e. The number of nitrogens with one attached hydrogen (secondary N) is 1. The van der Waals surface area contributed by atoms with Gasteiger partial charge in [-0.15, -0.1) is 0 Å². The van der Waals surface area contributed by atoms with Crippen LogP contribution in [0.2, 0.25) is 0 Å². The Morgan fingerprint density at radius 3 is 2.63 bits per heavy atom. The van der Waals surface area contributed by atoms with Crippen molar-refractivity contribution in [3.05, 3.63) is 47.4 Å². The van der Waals surface area contributed by atoms with Crippen molar-refractivity contribution in [3.8, 4) is 5.69 Å². The largest absolute Gasteiger partial charge is 0.469 e. The number of hydrogen-bond donors (Lipinski definition) is 1. The fourth-order valence-corrected chi connectivity index (χ4v) is 3.19. The number of hydrogen-bond acceptors (Lipinski definition) is 6. The molecule has 0 fully saturated rings. The lowest BCUT2D eigenvalue weighted by molar-refractivity contribution is -0.141. The molecule has 1 aliphatic rings. The Bertz CT molecular complexity index is 1220. The van der Waals surface area contributed by atoms with Gasteiger partial charge in [-0.1, -0.05) is 0 Å². The van der Waals surface area contributed by atoms with Crippen LogP contribution in [-0.2, 0) is 26.9 Å². The minimum atomic E-state index is -4.67. The van der Waals surface area contributed by atoms with Crippen LogP contribution in [0.3, 0.4) is 0 Å². The summed E-state index contributed by atoms with van der Waals surface area (Å²) >= 11 is 0. The number of amides is 1. The molecule has 1 N–H and O–H groups in total. The molecule has 0 saturated carbocycles. The first-order valence-corrected chi connectivity index (χ1v) is 8.71. The zero-order valence-electron chi connectivity index (χ0n) is 15.4. The van der Waals surface area contributed by atoms with E-state index in [1.807, 2.05) is 0 Å². The average molecular weight is 418 g/mol. The number of ether oxygens (including phenoxy) is 1. The number of aryl methyl sites for hydroxylation is 1. The molecule has 3 aromatic rings. The number of alkyl halides is 3. The van der Waals surface area contributed by atoms with Crippen LogP contribution in [0.15, 0.2) is 30.3 Å². The second kappa shape index (κ2) is 6.94. The van der Waals surface area contributed by atoms with Gasteiger partial charge in [0.05, 0.1) is 24.8 Å². The highest BCUT2D eigenvalue weighted by molar-refractivity contribution is 6.51. The normalized spacial score (nSPS) is 13.5. The summed E-state index contributed by atoms with van der Waals surface area (Å²) in [5.74, 6) is -1.80. The molecule has 8 nitrogen and oxygen atoms in total. The minimum Gasteiger partial charge on any atom is -0.469 e. The zero-order chi connectivity index (χ0) is 21.6. The van der Waals surface area contributed by atoms with Crippen LogP contribution in [0, 0.1) is 0 Å². The van der Waals surface area contributed by atoms with Crippen molar-refractivity contribution in [2.24, 2.45) is 0 Å². The van der Waals surface area contributed by atoms with E-state index in [4.69, 9.17) is 0 Å². The molecule has 0 saturated heterocycles. The number of carbonyl (C=O) groups excluding carboxylic acids is 3. The van der Waals surface area contributed by atoms with E-state index >= 15 is 0 Å². The number of pyridine rings is 1. The van der Waals surface area contributed by atoms with Gasteiger partial charge in [0, 0.05) is 12.1 Å². The van der Waals surface area contributed by atoms with E-state index in [1.165, 1.54) is 35.9 Å². The van der Waals surface area contributed by atoms with Crippen LogP contribution in [0.5, 0.6) is 0 Å². The average Bonchev–Trinajstić information content (AvgIpc) is 3.21. The summed E-state index contributed by atoms with van der Waals surface area (Å²) in [5.41, 5.74) is -0.334. The third-order valence-corrected chi connectivity index (χ3v) is 4.61. The second-order valence-electron chi connectivity index (χ2n) is 6.49. The Hall–Kier alpha value is -3.76. The fourth-order valence-electron chi connectivity index (χ4n) is 3.19. The summed E-state index contributed by atoms with van der Waals surface area (Å²) in [5, 5.41) is 2.41. The fraction of sp³-hybridized carbons (Fsp3) is 0.211. The molecule has 3 heterocycles. The number of fused-ring (bicyclic) bond motifs is 2. The summed E-state index contributed by atoms with van der Waals surface area (Å²) in [6, 6.07) is 6.37. The van der Waals surface area contributed by atoms with E-state index in [0.717, 1.165) is 6.07 Å². The first kappa shape index (κ1) is 19.6. The predicted molar refractivity (Wildman–Crippen MR) is 97.2 cm³/mol. The first-order chi connectivity index (χ1) is 14.2. The van der Waals surface area contributed by atoms with Crippen LogP contribution < -0.4 is 5.32 Å². The van der Waals surface area contributed by atoms with E-state index in [2.05, 4.69) is 20.0 Å². The zero-order valence-corrected chi connectivity index (χ0v) is 15.4. The van der Waals surface area contributed by atoms with Crippen molar-refractivity contribution in [3.63, 3.8) is 0 Å². The number of imidazole rings is 1. The maximum absolute atomic E-state index is 13.2. The molecule has 0 atom stereocenters. The Labute approximate surface area is 166 Å². The molecule has 30 heavy (non-hydrogen) atoms. The number of benzene rings is 1. The molecule has 1 aliphatic heterocycles. The maximum Gasteiger partial charge on any atom is 0.433 e. The van der Waals surface area contributed by atoms with Crippen LogP contribution in [0.4, 0.5) is 18.9 Å². The van der Waals surface area contributed by atoms with Gasteiger partial charge >= 0.3 is 12.1 Å². The molecule has 4 rings (SSSR count). The number of Topliss-reactive ketones (excluding diaryl/α,β-unsaturated/α-hetero) is 1. The quantitative estimate of drug-likeness (QED) is 0.516. The molecule has 2 aromatic heterocycles.